The first kappa shape index (κ1) is 21.4. The molecule has 1 aromatic carbocycles. The first-order valence-electron chi connectivity index (χ1n) is 8.84. The van der Waals surface area contributed by atoms with Gasteiger partial charge in [-0.25, -0.2) is 4.79 Å². The molecule has 1 fully saturated rings. The maximum atomic E-state index is 12.4. The standard InChI is InChI=1S/C18H22N3O7P/c1-10(2)18(21-9-8-12(19)20-17(21)25)15(23)13(22)14(27-18)16(24)29(26)28-11-6-4-3-5-7-11/h3-10,13-15,22-24H,1-2H3,(H2,19,20,25)/t13-,14+,15-,18-/m1/s1. The average molecular weight is 423 g/mol. The number of rotatable bonds is 5. The molecule has 10 nitrogen and oxygen atoms in total. The van der Waals surface area contributed by atoms with Crippen LogP contribution in [-0.4, -0.2) is 48.7 Å². The van der Waals surface area contributed by atoms with E-state index in [9.17, 15) is 25.0 Å². The molecule has 3 rings (SSSR count). The first-order valence-corrected chi connectivity index (χ1v) is 10.0. The summed E-state index contributed by atoms with van der Waals surface area (Å²) in [7, 11) is -2.81. The molecule has 2 heterocycles. The Hall–Kier alpha value is -2.33. The molecule has 1 unspecified atom stereocenters. The number of para-hydroxylation sites is 1. The van der Waals surface area contributed by atoms with Gasteiger partial charge in [0, 0.05) is 12.1 Å². The summed E-state index contributed by atoms with van der Waals surface area (Å²) in [6.45, 7) is 3.30. The second-order valence-electron chi connectivity index (χ2n) is 6.91. The van der Waals surface area contributed by atoms with Crippen molar-refractivity contribution in [2.45, 2.75) is 37.9 Å². The largest absolute Gasteiger partial charge is 0.593 e. The van der Waals surface area contributed by atoms with Crippen molar-refractivity contribution in [3.05, 3.63) is 53.1 Å². The molecule has 1 aliphatic heterocycles. The topological polar surface area (TPSA) is 163 Å². The fraction of sp³-hybridized carbons (Fsp3) is 0.389. The quantitative estimate of drug-likeness (QED) is 0.465. The Morgan fingerprint density at radius 3 is 2.59 bits per heavy atom. The van der Waals surface area contributed by atoms with Gasteiger partial charge in [0.05, 0.1) is 0 Å². The van der Waals surface area contributed by atoms with E-state index < -0.39 is 49.1 Å². The highest BCUT2D eigenvalue weighted by Gasteiger charge is 2.60. The summed E-state index contributed by atoms with van der Waals surface area (Å²) < 4.78 is 12.0. The minimum Gasteiger partial charge on any atom is -0.593 e. The van der Waals surface area contributed by atoms with E-state index in [4.69, 9.17) is 15.0 Å². The summed E-state index contributed by atoms with van der Waals surface area (Å²) in [6, 6.07) is 9.47. The lowest BCUT2D eigenvalue weighted by molar-refractivity contribution is -0.171. The molecule has 0 aliphatic carbocycles. The van der Waals surface area contributed by atoms with Crippen LogP contribution in [0.2, 0.25) is 0 Å². The summed E-state index contributed by atoms with van der Waals surface area (Å²) in [5.74, 6) is -0.341. The SMILES string of the molecule is CC(C)[C@@]1(n2ccc(N)nc2=O)O[C@H](C(O)=[P+]([O-])Oc2ccccc2)[C@@H](O)[C@H]1O. The molecule has 1 saturated heterocycles. The third-order valence-electron chi connectivity index (χ3n) is 4.78. The fourth-order valence-corrected chi connectivity index (χ4v) is 4.14. The van der Waals surface area contributed by atoms with Crippen LogP contribution in [0.4, 0.5) is 5.82 Å². The Morgan fingerprint density at radius 2 is 2.00 bits per heavy atom. The molecule has 0 spiro atoms. The number of aliphatic hydroxyl groups is 3. The number of hydrogen-bond acceptors (Lipinski definition) is 8. The molecule has 29 heavy (non-hydrogen) atoms. The fourth-order valence-electron chi connectivity index (χ4n) is 3.32. The van der Waals surface area contributed by atoms with Gasteiger partial charge in [0.1, 0.15) is 18.0 Å². The van der Waals surface area contributed by atoms with Crippen molar-refractivity contribution in [2.24, 2.45) is 5.92 Å². The van der Waals surface area contributed by atoms with Gasteiger partial charge in [-0.2, -0.15) is 4.98 Å². The van der Waals surface area contributed by atoms with Crippen LogP contribution in [0.1, 0.15) is 13.8 Å². The van der Waals surface area contributed by atoms with E-state index in [1.54, 1.807) is 44.2 Å². The molecule has 5 N–H and O–H groups in total. The molecule has 156 valence electrons. The lowest BCUT2D eigenvalue weighted by atomic mass is 9.91. The zero-order valence-corrected chi connectivity index (χ0v) is 16.6. The zero-order chi connectivity index (χ0) is 21.3. The molecule has 0 amide bonds. The second kappa shape index (κ2) is 8.19. The number of hydrogen-bond donors (Lipinski definition) is 4. The first-order chi connectivity index (χ1) is 13.7. The molecule has 0 bridgehead atoms. The van der Waals surface area contributed by atoms with Gasteiger partial charge in [-0.1, -0.05) is 32.0 Å². The number of nitrogens with zero attached hydrogens (tertiary/aromatic N) is 2. The van der Waals surface area contributed by atoms with Crippen LogP contribution in [0.3, 0.4) is 0 Å². The zero-order valence-electron chi connectivity index (χ0n) is 15.7. The molecule has 11 heteroatoms. The summed E-state index contributed by atoms with van der Waals surface area (Å²) in [5, 5.41) is 31.7. The van der Waals surface area contributed by atoms with Gasteiger partial charge >= 0.3 is 13.7 Å². The van der Waals surface area contributed by atoms with Crippen LogP contribution in [0.15, 0.2) is 47.4 Å². The van der Waals surface area contributed by atoms with Gasteiger partial charge in [0.25, 0.3) is 5.48 Å². The van der Waals surface area contributed by atoms with Crippen molar-refractivity contribution in [3.63, 3.8) is 0 Å². The molecule has 0 saturated carbocycles. The van der Waals surface area contributed by atoms with Crippen molar-refractivity contribution in [3.8, 4) is 5.75 Å². The van der Waals surface area contributed by atoms with Crippen LogP contribution in [0.5, 0.6) is 5.75 Å². The van der Waals surface area contributed by atoms with E-state index >= 15 is 0 Å². The number of ether oxygens (including phenoxy) is 1. The summed E-state index contributed by atoms with van der Waals surface area (Å²) in [6.07, 6.45) is -3.61. The maximum absolute atomic E-state index is 12.4. The average Bonchev–Trinajstić information content (AvgIpc) is 2.94. The molecular weight excluding hydrogens is 401 g/mol. The predicted molar refractivity (Wildman–Crippen MR) is 104 cm³/mol. The highest BCUT2D eigenvalue weighted by molar-refractivity contribution is 7.46. The highest BCUT2D eigenvalue weighted by atomic mass is 31.1. The van der Waals surface area contributed by atoms with E-state index in [0.717, 1.165) is 4.57 Å². The minimum absolute atomic E-state index is 0.0245. The molecule has 5 atom stereocenters. The van der Waals surface area contributed by atoms with Crippen molar-refractivity contribution in [1.29, 1.82) is 0 Å². The lowest BCUT2D eigenvalue weighted by Gasteiger charge is -2.37. The van der Waals surface area contributed by atoms with Crippen molar-refractivity contribution >= 4 is 19.3 Å². The number of aliphatic hydroxyl groups excluding tert-OH is 3. The Balaban J connectivity index is 2.01. The van der Waals surface area contributed by atoms with E-state index in [1.807, 2.05) is 0 Å². The second-order valence-corrected chi connectivity index (χ2v) is 8.06. The summed E-state index contributed by atoms with van der Waals surface area (Å²) in [5.41, 5.74) is 2.13. The highest BCUT2D eigenvalue weighted by Crippen LogP contribution is 2.42. The Bertz CT molecular complexity index is 965. The van der Waals surface area contributed by atoms with Crippen molar-refractivity contribution in [1.82, 2.24) is 9.55 Å². The van der Waals surface area contributed by atoms with Crippen LogP contribution in [0, 0.1) is 5.92 Å². The predicted octanol–water partition coefficient (Wildman–Crippen LogP) is -0.492. The smallest absolute Gasteiger partial charge is 0.351 e. The third kappa shape index (κ3) is 3.78. The number of nitrogens with two attached hydrogens (primary N) is 1. The van der Waals surface area contributed by atoms with Gasteiger partial charge in [0.2, 0.25) is 0 Å². The summed E-state index contributed by atoms with van der Waals surface area (Å²) in [4.78, 5) is 28.5. The van der Waals surface area contributed by atoms with Crippen LogP contribution < -0.4 is 20.8 Å². The Kier molecular flexibility index (Phi) is 6.04. The normalized spacial score (nSPS) is 27.8. The number of nitrogen functional groups attached to an aromatic ring is 1. The lowest BCUT2D eigenvalue weighted by Crippen LogP contribution is -2.54. The molecule has 0 radical (unpaired) electrons. The van der Waals surface area contributed by atoms with E-state index in [2.05, 4.69) is 4.98 Å². The molecular formula is C18H22N3O7P. The molecule has 1 aromatic heterocycles. The van der Waals surface area contributed by atoms with Gasteiger partial charge in [-0.15, -0.1) is 0 Å². The van der Waals surface area contributed by atoms with Crippen molar-refractivity contribution in [2.75, 3.05) is 5.73 Å². The van der Waals surface area contributed by atoms with Gasteiger partial charge in [-0.3, -0.25) is 9.09 Å². The Morgan fingerprint density at radius 1 is 1.34 bits per heavy atom. The third-order valence-corrected chi connectivity index (χ3v) is 5.78. The number of anilines is 1. The van der Waals surface area contributed by atoms with Crippen LogP contribution in [-0.2, 0) is 10.5 Å². The van der Waals surface area contributed by atoms with Crippen LogP contribution in [0.25, 0.3) is 0 Å². The summed E-state index contributed by atoms with van der Waals surface area (Å²) >= 11 is 0. The van der Waals surface area contributed by atoms with Gasteiger partial charge < -0.3 is 30.7 Å². The van der Waals surface area contributed by atoms with E-state index in [1.165, 1.54) is 12.3 Å². The number of benzene rings is 1. The van der Waals surface area contributed by atoms with E-state index in [0.29, 0.717) is 0 Å². The van der Waals surface area contributed by atoms with Gasteiger partial charge in [-0.05, 0) is 18.2 Å². The monoisotopic (exact) mass is 423 g/mol. The maximum Gasteiger partial charge on any atom is 0.351 e. The number of aromatic nitrogens is 2. The van der Waals surface area contributed by atoms with Crippen molar-refractivity contribution < 1.29 is 29.5 Å². The van der Waals surface area contributed by atoms with Crippen LogP contribution >= 0.6 is 8.00 Å². The molecule has 2 aromatic rings. The van der Waals surface area contributed by atoms with E-state index in [-0.39, 0.29) is 11.6 Å². The minimum atomic E-state index is -2.81. The van der Waals surface area contributed by atoms with Gasteiger partial charge in [0.15, 0.2) is 17.6 Å². The molecule has 1 aliphatic rings. The Labute approximate surface area is 167 Å².